The van der Waals surface area contributed by atoms with Gasteiger partial charge in [0, 0.05) is 22.8 Å². The zero-order valence-electron chi connectivity index (χ0n) is 20.3. The number of aromatic nitrogens is 1. The molecule has 0 radical (unpaired) electrons. The number of nitrogens with zero attached hydrogens (tertiary/aromatic N) is 2. The van der Waals surface area contributed by atoms with Crippen molar-refractivity contribution in [2.75, 3.05) is 19.1 Å². The Hall–Kier alpha value is -3.19. The van der Waals surface area contributed by atoms with Gasteiger partial charge in [0.2, 0.25) is 0 Å². The fraction of sp³-hybridized carbons (Fsp3) is 0.185. The molecule has 9 heteroatoms. The number of halogens is 3. The number of hydrogen-bond acceptors (Lipinski definition) is 4. The van der Waals surface area contributed by atoms with Gasteiger partial charge in [-0.1, -0.05) is 34.8 Å². The van der Waals surface area contributed by atoms with Gasteiger partial charge in [-0.2, -0.15) is 0 Å². The van der Waals surface area contributed by atoms with Crippen LogP contribution in [0.3, 0.4) is 0 Å². The number of methoxy groups -OCH3 is 2. The summed E-state index contributed by atoms with van der Waals surface area (Å²) in [4.78, 5) is 27.9. The number of allylic oxidation sites excluding steroid dienone is 1. The Balaban J connectivity index is 1.84. The summed E-state index contributed by atoms with van der Waals surface area (Å²) in [6.45, 7) is 5.57. The Bertz CT molecular complexity index is 1470. The van der Waals surface area contributed by atoms with Gasteiger partial charge in [-0.15, -0.1) is 0 Å². The second kappa shape index (κ2) is 10.1. The first-order chi connectivity index (χ1) is 17.1. The van der Waals surface area contributed by atoms with E-state index in [1.54, 1.807) is 43.3 Å². The summed E-state index contributed by atoms with van der Waals surface area (Å²) in [6.07, 6.45) is 1.71. The van der Waals surface area contributed by atoms with E-state index in [9.17, 15) is 9.59 Å². The van der Waals surface area contributed by atoms with Crippen LogP contribution in [0.15, 0.2) is 59.3 Å². The van der Waals surface area contributed by atoms with Crippen molar-refractivity contribution in [1.82, 2.24) is 4.57 Å². The molecule has 2 aromatic carbocycles. The summed E-state index contributed by atoms with van der Waals surface area (Å²) in [6, 6.07) is 12.3. The van der Waals surface area contributed by atoms with Gasteiger partial charge in [-0.25, -0.2) is 4.79 Å². The Morgan fingerprint density at radius 1 is 0.889 bits per heavy atom. The topological polar surface area (TPSA) is 60.8 Å². The first-order valence-corrected chi connectivity index (χ1v) is 12.1. The number of ether oxygens (including phenoxy) is 2. The lowest BCUT2D eigenvalue weighted by molar-refractivity contribution is -0.136. The molecule has 0 saturated carbocycles. The summed E-state index contributed by atoms with van der Waals surface area (Å²) in [7, 11) is 2.80. The number of rotatable bonds is 5. The number of carbonyl (C=O) groups is 2. The van der Waals surface area contributed by atoms with E-state index >= 15 is 0 Å². The van der Waals surface area contributed by atoms with Crippen LogP contribution in [0, 0.1) is 13.8 Å². The minimum atomic E-state index is -0.604. The summed E-state index contributed by atoms with van der Waals surface area (Å²) in [5.41, 5.74) is 4.74. The highest BCUT2D eigenvalue weighted by molar-refractivity contribution is 6.42. The van der Waals surface area contributed by atoms with Gasteiger partial charge in [0.15, 0.2) is 0 Å². The molecule has 0 N–H and O–H groups in total. The molecule has 36 heavy (non-hydrogen) atoms. The average Bonchev–Trinajstić information content (AvgIpc) is 3.26. The van der Waals surface area contributed by atoms with E-state index in [0.717, 1.165) is 22.6 Å². The van der Waals surface area contributed by atoms with Gasteiger partial charge in [-0.3, -0.25) is 9.69 Å². The standard InChI is InChI=1S/C27H23Cl3N2O4/c1-14-10-17(15(2)31(14)18-6-8-21(28)22(29)12-18)11-20-25(27(34)36-5)16(3)32(26(20)33)19-7-9-24(35-4)23(30)13-19/h6-13H,1-5H3/b20-11-. The first kappa shape index (κ1) is 25.9. The molecule has 1 aliphatic rings. The molecule has 0 spiro atoms. The predicted molar refractivity (Wildman–Crippen MR) is 143 cm³/mol. The van der Waals surface area contributed by atoms with Crippen LogP contribution in [0.25, 0.3) is 11.8 Å². The maximum Gasteiger partial charge on any atom is 0.340 e. The number of hydrogen-bond donors (Lipinski definition) is 0. The molecule has 0 aliphatic carbocycles. The highest BCUT2D eigenvalue weighted by atomic mass is 35.5. The number of aryl methyl sites for hydroxylation is 1. The van der Waals surface area contributed by atoms with Crippen molar-refractivity contribution in [2.45, 2.75) is 20.8 Å². The van der Waals surface area contributed by atoms with E-state index in [1.165, 1.54) is 19.1 Å². The molecule has 186 valence electrons. The van der Waals surface area contributed by atoms with E-state index < -0.39 is 5.97 Å². The van der Waals surface area contributed by atoms with E-state index in [0.29, 0.717) is 32.2 Å². The number of benzene rings is 2. The summed E-state index contributed by atoms with van der Waals surface area (Å²) < 4.78 is 12.2. The third-order valence-electron chi connectivity index (χ3n) is 6.11. The molecule has 0 saturated heterocycles. The van der Waals surface area contributed by atoms with Crippen LogP contribution in [0.1, 0.15) is 23.9 Å². The van der Waals surface area contributed by atoms with Crippen LogP contribution in [-0.2, 0) is 14.3 Å². The molecule has 0 unspecified atom stereocenters. The Labute approximate surface area is 224 Å². The molecule has 1 aromatic heterocycles. The van der Waals surface area contributed by atoms with Crippen molar-refractivity contribution in [3.05, 3.63) is 91.3 Å². The lowest BCUT2D eigenvalue weighted by Crippen LogP contribution is -2.24. The van der Waals surface area contributed by atoms with Crippen molar-refractivity contribution in [3.8, 4) is 11.4 Å². The van der Waals surface area contributed by atoms with Gasteiger partial charge >= 0.3 is 5.97 Å². The molecular formula is C27H23Cl3N2O4. The summed E-state index contributed by atoms with van der Waals surface area (Å²) in [5, 5.41) is 1.24. The third kappa shape index (κ3) is 4.41. The summed E-state index contributed by atoms with van der Waals surface area (Å²) >= 11 is 18.6. The Morgan fingerprint density at radius 3 is 2.17 bits per heavy atom. The maximum absolute atomic E-state index is 13.7. The van der Waals surface area contributed by atoms with Gasteiger partial charge in [0.05, 0.1) is 46.1 Å². The van der Waals surface area contributed by atoms with E-state index in [2.05, 4.69) is 0 Å². The van der Waals surface area contributed by atoms with Gasteiger partial charge < -0.3 is 14.0 Å². The van der Waals surface area contributed by atoms with E-state index in [1.807, 2.05) is 30.5 Å². The second-order valence-corrected chi connectivity index (χ2v) is 9.45. The SMILES string of the molecule is COC(=O)C1=C(C)N(c2ccc(OC)c(Cl)c2)C(=O)/C1=C\c1cc(C)n(-c2ccc(Cl)c(Cl)c2)c1C. The van der Waals surface area contributed by atoms with Crippen molar-refractivity contribution >= 4 is 58.4 Å². The van der Waals surface area contributed by atoms with Gasteiger partial charge in [0.25, 0.3) is 5.91 Å². The molecule has 4 rings (SSSR count). The van der Waals surface area contributed by atoms with Crippen molar-refractivity contribution in [3.63, 3.8) is 0 Å². The molecule has 6 nitrogen and oxygen atoms in total. The largest absolute Gasteiger partial charge is 0.495 e. The average molecular weight is 546 g/mol. The lowest BCUT2D eigenvalue weighted by Gasteiger charge is -2.19. The Kier molecular flexibility index (Phi) is 7.23. The highest BCUT2D eigenvalue weighted by Crippen LogP contribution is 2.39. The zero-order valence-corrected chi connectivity index (χ0v) is 22.5. The molecule has 1 amide bonds. The lowest BCUT2D eigenvalue weighted by atomic mass is 10.0. The molecule has 3 aromatic rings. The fourth-order valence-electron chi connectivity index (χ4n) is 4.40. The van der Waals surface area contributed by atoms with Crippen LogP contribution in [-0.4, -0.2) is 30.7 Å². The number of amides is 1. The van der Waals surface area contributed by atoms with Crippen molar-refractivity contribution in [1.29, 1.82) is 0 Å². The minimum absolute atomic E-state index is 0.189. The number of anilines is 1. The number of carbonyl (C=O) groups excluding carboxylic acids is 2. The molecule has 0 bridgehead atoms. The van der Waals surface area contributed by atoms with Crippen LogP contribution in [0.5, 0.6) is 5.75 Å². The maximum atomic E-state index is 13.7. The molecule has 1 aliphatic heterocycles. The van der Waals surface area contributed by atoms with Crippen molar-refractivity contribution in [2.24, 2.45) is 0 Å². The second-order valence-electron chi connectivity index (χ2n) is 8.23. The molecule has 0 fully saturated rings. The first-order valence-electron chi connectivity index (χ1n) is 10.9. The normalized spacial score (nSPS) is 14.7. The third-order valence-corrected chi connectivity index (χ3v) is 7.15. The predicted octanol–water partition coefficient (Wildman–Crippen LogP) is 6.94. The van der Waals surface area contributed by atoms with E-state index in [4.69, 9.17) is 44.3 Å². The smallest absolute Gasteiger partial charge is 0.340 e. The van der Waals surface area contributed by atoms with E-state index in [-0.39, 0.29) is 17.1 Å². The van der Waals surface area contributed by atoms with Crippen LogP contribution in [0.2, 0.25) is 15.1 Å². The minimum Gasteiger partial charge on any atom is -0.495 e. The van der Waals surface area contributed by atoms with Crippen LogP contribution >= 0.6 is 34.8 Å². The molecule has 0 atom stereocenters. The molecular weight excluding hydrogens is 523 g/mol. The summed E-state index contributed by atoms with van der Waals surface area (Å²) in [5.74, 6) is -0.492. The van der Waals surface area contributed by atoms with Crippen molar-refractivity contribution < 1.29 is 19.1 Å². The quantitative estimate of drug-likeness (QED) is 0.257. The van der Waals surface area contributed by atoms with Crippen LogP contribution in [0.4, 0.5) is 5.69 Å². The monoisotopic (exact) mass is 544 g/mol. The van der Waals surface area contributed by atoms with Gasteiger partial charge in [-0.05, 0) is 74.9 Å². The number of esters is 1. The van der Waals surface area contributed by atoms with Crippen LogP contribution < -0.4 is 9.64 Å². The Morgan fingerprint density at radius 2 is 1.56 bits per heavy atom. The highest BCUT2D eigenvalue weighted by Gasteiger charge is 2.38. The molecule has 2 heterocycles. The van der Waals surface area contributed by atoms with Gasteiger partial charge in [0.1, 0.15) is 5.75 Å². The zero-order chi connectivity index (χ0) is 26.3. The fourth-order valence-corrected chi connectivity index (χ4v) is 4.94.